The van der Waals surface area contributed by atoms with Gasteiger partial charge in [-0.05, 0) is 31.0 Å². The Morgan fingerprint density at radius 2 is 1.24 bits per heavy atom. The lowest BCUT2D eigenvalue weighted by Crippen LogP contribution is -2.31. The second kappa shape index (κ2) is 12.2. The van der Waals surface area contributed by atoms with E-state index in [4.69, 9.17) is 24.7 Å². The van der Waals surface area contributed by atoms with E-state index in [9.17, 15) is 0 Å². The Balaban J connectivity index is 1.89. The first-order valence-corrected chi connectivity index (χ1v) is 9.16. The van der Waals surface area contributed by atoms with Crippen LogP contribution in [0.15, 0.2) is 24.3 Å². The highest BCUT2D eigenvalue weighted by atomic mass is 16.6. The number of hydrogen-bond donors (Lipinski definition) is 1. The molecule has 0 bridgehead atoms. The van der Waals surface area contributed by atoms with Crippen LogP contribution in [0.25, 0.3) is 0 Å². The summed E-state index contributed by atoms with van der Waals surface area (Å²) < 4.78 is 22.2. The molecule has 1 saturated heterocycles. The van der Waals surface area contributed by atoms with E-state index in [2.05, 4.69) is 29.2 Å². The molecule has 1 atom stereocenters. The molecule has 1 aromatic carbocycles. The highest BCUT2D eigenvalue weighted by molar-refractivity contribution is 5.47. The first kappa shape index (κ1) is 20.1. The first-order chi connectivity index (χ1) is 12.3. The summed E-state index contributed by atoms with van der Waals surface area (Å²) in [5.41, 5.74) is 8.32. The minimum atomic E-state index is 0.177. The second-order valence-corrected chi connectivity index (χ2v) is 6.28. The van der Waals surface area contributed by atoms with Crippen LogP contribution in [0.4, 0.5) is 5.69 Å². The highest BCUT2D eigenvalue weighted by Gasteiger charge is 2.08. The molecule has 142 valence electrons. The molecule has 2 rings (SSSR count). The van der Waals surface area contributed by atoms with Crippen molar-refractivity contribution < 1.29 is 18.9 Å². The topological polar surface area (TPSA) is 66.2 Å². The van der Waals surface area contributed by atoms with Gasteiger partial charge in [-0.25, -0.2) is 0 Å². The minimum Gasteiger partial charge on any atom is -0.377 e. The highest BCUT2D eigenvalue weighted by Crippen LogP contribution is 2.16. The molecule has 6 heteroatoms. The molecule has 0 aromatic heterocycles. The van der Waals surface area contributed by atoms with Crippen LogP contribution in [0.1, 0.15) is 12.5 Å². The average Bonchev–Trinajstić information content (AvgIpc) is 2.61. The number of hydrogen-bond acceptors (Lipinski definition) is 6. The molecule has 1 unspecified atom stereocenters. The van der Waals surface area contributed by atoms with Crippen molar-refractivity contribution in [1.82, 2.24) is 0 Å². The third-order valence-electron chi connectivity index (χ3n) is 3.99. The Morgan fingerprint density at radius 1 is 0.800 bits per heavy atom. The molecular weight excluding hydrogens is 320 g/mol. The van der Waals surface area contributed by atoms with E-state index in [0.29, 0.717) is 52.9 Å². The summed E-state index contributed by atoms with van der Waals surface area (Å²) in [6.45, 7) is 8.64. The van der Waals surface area contributed by atoms with Crippen LogP contribution in [0.2, 0.25) is 0 Å². The van der Waals surface area contributed by atoms with E-state index < -0.39 is 0 Å². The van der Waals surface area contributed by atoms with Crippen LogP contribution in [-0.4, -0.2) is 72.0 Å². The molecule has 1 fully saturated rings. The number of nitrogens with two attached hydrogens (primary N) is 1. The van der Waals surface area contributed by atoms with Crippen LogP contribution in [-0.2, 0) is 25.4 Å². The maximum absolute atomic E-state index is 5.87. The lowest BCUT2D eigenvalue weighted by molar-refractivity contribution is 0.00206. The van der Waals surface area contributed by atoms with Crippen LogP contribution < -0.4 is 10.6 Å². The van der Waals surface area contributed by atoms with Crippen molar-refractivity contribution in [3.8, 4) is 0 Å². The second-order valence-electron chi connectivity index (χ2n) is 6.28. The quantitative estimate of drug-likeness (QED) is 0.888. The van der Waals surface area contributed by atoms with Crippen molar-refractivity contribution in [1.29, 1.82) is 0 Å². The Bertz CT molecular complexity index is 437. The van der Waals surface area contributed by atoms with Crippen LogP contribution >= 0.6 is 0 Å². The first-order valence-electron chi connectivity index (χ1n) is 9.16. The third kappa shape index (κ3) is 8.65. The molecule has 1 aromatic rings. The summed E-state index contributed by atoms with van der Waals surface area (Å²) >= 11 is 0. The van der Waals surface area contributed by atoms with Crippen molar-refractivity contribution in [2.75, 3.05) is 70.8 Å². The van der Waals surface area contributed by atoms with Gasteiger partial charge in [0, 0.05) is 24.8 Å². The van der Waals surface area contributed by atoms with Crippen molar-refractivity contribution in [3.05, 3.63) is 29.8 Å². The van der Waals surface area contributed by atoms with E-state index in [1.807, 2.05) is 6.92 Å². The molecule has 2 N–H and O–H groups in total. The molecule has 1 heterocycles. The third-order valence-corrected chi connectivity index (χ3v) is 3.99. The smallest absolute Gasteiger partial charge is 0.0701 e. The fraction of sp³-hybridized carbons (Fsp3) is 0.684. The fourth-order valence-electron chi connectivity index (χ4n) is 2.70. The van der Waals surface area contributed by atoms with Gasteiger partial charge in [0.15, 0.2) is 0 Å². The summed E-state index contributed by atoms with van der Waals surface area (Å²) in [5.74, 6) is 0. The zero-order valence-electron chi connectivity index (χ0n) is 15.3. The number of rotatable bonds is 3. The van der Waals surface area contributed by atoms with Gasteiger partial charge in [-0.15, -0.1) is 0 Å². The predicted octanol–water partition coefficient (Wildman–Crippen LogP) is 1.46. The monoisotopic (exact) mass is 352 g/mol. The summed E-state index contributed by atoms with van der Waals surface area (Å²) in [4.78, 5) is 2.29. The molecule has 1 aliphatic heterocycles. The Morgan fingerprint density at radius 3 is 1.68 bits per heavy atom. The van der Waals surface area contributed by atoms with Crippen molar-refractivity contribution in [2.45, 2.75) is 19.4 Å². The molecule has 0 amide bonds. The average molecular weight is 352 g/mol. The molecule has 25 heavy (non-hydrogen) atoms. The molecule has 0 saturated carbocycles. The van der Waals surface area contributed by atoms with Crippen molar-refractivity contribution in [3.63, 3.8) is 0 Å². The molecule has 0 spiro atoms. The van der Waals surface area contributed by atoms with Gasteiger partial charge in [-0.2, -0.15) is 0 Å². The maximum Gasteiger partial charge on any atom is 0.0701 e. The van der Waals surface area contributed by atoms with E-state index >= 15 is 0 Å². The van der Waals surface area contributed by atoms with E-state index in [1.54, 1.807) is 0 Å². The van der Waals surface area contributed by atoms with E-state index in [1.165, 1.54) is 11.3 Å². The molecular formula is C19H32N2O4. The maximum atomic E-state index is 5.87. The van der Waals surface area contributed by atoms with Crippen LogP contribution in [0.3, 0.4) is 0 Å². The molecule has 6 nitrogen and oxygen atoms in total. The number of benzene rings is 1. The van der Waals surface area contributed by atoms with Gasteiger partial charge in [0.25, 0.3) is 0 Å². The van der Waals surface area contributed by atoms with Crippen molar-refractivity contribution in [2.24, 2.45) is 5.73 Å². The lowest BCUT2D eigenvalue weighted by Gasteiger charge is -2.25. The van der Waals surface area contributed by atoms with Gasteiger partial charge < -0.3 is 29.6 Å². The predicted molar refractivity (Wildman–Crippen MR) is 99.3 cm³/mol. The van der Waals surface area contributed by atoms with Crippen LogP contribution in [0, 0.1) is 0 Å². The Hall–Kier alpha value is -1.18. The van der Waals surface area contributed by atoms with E-state index in [0.717, 1.165) is 19.5 Å². The zero-order valence-corrected chi connectivity index (χ0v) is 15.3. The summed E-state index contributed by atoms with van der Waals surface area (Å²) in [7, 11) is 0. The summed E-state index contributed by atoms with van der Waals surface area (Å²) in [6, 6.07) is 8.78. The minimum absolute atomic E-state index is 0.177. The summed E-state index contributed by atoms with van der Waals surface area (Å²) in [5, 5.41) is 0. The Kier molecular flexibility index (Phi) is 9.84. The summed E-state index contributed by atoms with van der Waals surface area (Å²) in [6.07, 6.45) is 0.895. The van der Waals surface area contributed by atoms with Gasteiger partial charge in [0.1, 0.15) is 0 Å². The number of nitrogens with zero attached hydrogens (tertiary/aromatic N) is 1. The normalized spacial score (nSPS) is 20.5. The van der Waals surface area contributed by atoms with Crippen LogP contribution in [0.5, 0.6) is 0 Å². The van der Waals surface area contributed by atoms with Gasteiger partial charge in [0.05, 0.1) is 52.9 Å². The lowest BCUT2D eigenvalue weighted by atomic mass is 10.1. The molecule has 1 aliphatic rings. The van der Waals surface area contributed by atoms with Crippen molar-refractivity contribution >= 4 is 5.69 Å². The van der Waals surface area contributed by atoms with Gasteiger partial charge >= 0.3 is 0 Å². The van der Waals surface area contributed by atoms with Gasteiger partial charge in [-0.3, -0.25) is 0 Å². The molecule has 0 radical (unpaired) electrons. The zero-order chi connectivity index (χ0) is 17.7. The van der Waals surface area contributed by atoms with Gasteiger partial charge in [0.2, 0.25) is 0 Å². The fourth-order valence-corrected chi connectivity index (χ4v) is 2.70. The van der Waals surface area contributed by atoms with Gasteiger partial charge in [-0.1, -0.05) is 12.1 Å². The number of ether oxygens (including phenoxy) is 4. The molecule has 0 aliphatic carbocycles. The SMILES string of the molecule is CC(N)Cc1ccc(N2CCOCCOCCOCCOCC2)cc1. The number of anilines is 1. The van der Waals surface area contributed by atoms with E-state index in [-0.39, 0.29) is 6.04 Å². The Labute approximate surface area is 151 Å². The largest absolute Gasteiger partial charge is 0.377 e. The standard InChI is InChI=1S/C19H32N2O4/c1-17(20)16-18-2-4-19(5-3-18)21-6-8-22-10-12-24-14-15-25-13-11-23-9-7-21/h2-5,17H,6-16,20H2,1H3.